The van der Waals surface area contributed by atoms with Crippen LogP contribution in [-0.4, -0.2) is 20.2 Å². The zero-order valence-electron chi connectivity index (χ0n) is 9.09. The second-order valence-electron chi connectivity index (χ2n) is 3.30. The van der Waals surface area contributed by atoms with E-state index in [9.17, 15) is 0 Å². The molecule has 0 spiro atoms. The van der Waals surface area contributed by atoms with E-state index in [2.05, 4.69) is 5.32 Å². The van der Waals surface area contributed by atoms with Gasteiger partial charge in [-0.05, 0) is 24.7 Å². The minimum absolute atomic E-state index is 0.0985. The van der Waals surface area contributed by atoms with Crippen molar-refractivity contribution in [1.29, 1.82) is 0 Å². The van der Waals surface area contributed by atoms with Crippen LogP contribution in [0.1, 0.15) is 18.5 Å². The van der Waals surface area contributed by atoms with Crippen LogP contribution in [0.3, 0.4) is 0 Å². The molecule has 0 bridgehead atoms. The predicted molar refractivity (Wildman–Crippen MR) is 63.5 cm³/mol. The molecule has 0 radical (unpaired) electrons. The number of hydrogen-bond donors (Lipinski definition) is 2. The molecule has 0 aliphatic rings. The third-order valence-electron chi connectivity index (χ3n) is 2.21. The third kappa shape index (κ3) is 3.38. The van der Waals surface area contributed by atoms with Gasteiger partial charge in [-0.25, -0.2) is 0 Å². The summed E-state index contributed by atoms with van der Waals surface area (Å²) in [5.74, 6) is 0.782. The molecule has 4 heteroatoms. The van der Waals surface area contributed by atoms with E-state index in [1.807, 2.05) is 19.1 Å². The number of hydrogen-bond acceptors (Lipinski definition) is 3. The van der Waals surface area contributed by atoms with E-state index < -0.39 is 0 Å². The second kappa shape index (κ2) is 5.95. The molecule has 0 aliphatic carbocycles. The van der Waals surface area contributed by atoms with Gasteiger partial charge < -0.3 is 15.8 Å². The minimum atomic E-state index is -0.0985. The number of likely N-dealkylation sites (N-methyl/N-ethyl adjacent to an activating group) is 1. The summed E-state index contributed by atoms with van der Waals surface area (Å²) in [7, 11) is 1.63. The molecule has 15 heavy (non-hydrogen) atoms. The first-order valence-corrected chi connectivity index (χ1v) is 5.36. The van der Waals surface area contributed by atoms with Gasteiger partial charge in [-0.15, -0.1) is 0 Å². The van der Waals surface area contributed by atoms with Gasteiger partial charge in [-0.3, -0.25) is 0 Å². The largest absolute Gasteiger partial charge is 0.496 e. The van der Waals surface area contributed by atoms with E-state index in [-0.39, 0.29) is 6.04 Å². The van der Waals surface area contributed by atoms with E-state index in [1.165, 1.54) is 0 Å². The normalized spacial score (nSPS) is 12.5. The zero-order chi connectivity index (χ0) is 11.3. The van der Waals surface area contributed by atoms with Crippen LogP contribution in [-0.2, 0) is 0 Å². The molecule has 84 valence electrons. The lowest BCUT2D eigenvalue weighted by Crippen LogP contribution is -2.27. The zero-order valence-corrected chi connectivity index (χ0v) is 9.84. The molecule has 3 nitrogen and oxygen atoms in total. The SMILES string of the molecule is CCNCC(N)c1cc(Cl)ccc1OC. The first-order valence-electron chi connectivity index (χ1n) is 4.98. The highest BCUT2D eigenvalue weighted by Crippen LogP contribution is 2.26. The fraction of sp³-hybridized carbons (Fsp3) is 0.455. The summed E-state index contributed by atoms with van der Waals surface area (Å²) in [6.07, 6.45) is 0. The molecule has 0 saturated heterocycles. The molecule has 0 amide bonds. The van der Waals surface area contributed by atoms with E-state index in [0.717, 1.165) is 17.9 Å². The van der Waals surface area contributed by atoms with Gasteiger partial charge in [0.2, 0.25) is 0 Å². The van der Waals surface area contributed by atoms with E-state index in [1.54, 1.807) is 13.2 Å². The highest BCUT2D eigenvalue weighted by Gasteiger charge is 2.11. The number of rotatable bonds is 5. The lowest BCUT2D eigenvalue weighted by atomic mass is 10.1. The lowest BCUT2D eigenvalue weighted by Gasteiger charge is -2.16. The summed E-state index contributed by atoms with van der Waals surface area (Å²) in [6, 6.07) is 5.38. The summed E-state index contributed by atoms with van der Waals surface area (Å²) < 4.78 is 5.24. The van der Waals surface area contributed by atoms with Crippen LogP contribution < -0.4 is 15.8 Å². The number of methoxy groups -OCH3 is 1. The summed E-state index contributed by atoms with van der Waals surface area (Å²) in [4.78, 5) is 0. The average molecular weight is 229 g/mol. The second-order valence-corrected chi connectivity index (χ2v) is 3.74. The molecule has 1 aromatic rings. The molecule has 0 fully saturated rings. The van der Waals surface area contributed by atoms with Gasteiger partial charge >= 0.3 is 0 Å². The van der Waals surface area contributed by atoms with Crippen LogP contribution in [0.15, 0.2) is 18.2 Å². The van der Waals surface area contributed by atoms with E-state index in [0.29, 0.717) is 11.6 Å². The van der Waals surface area contributed by atoms with Crippen molar-refractivity contribution in [2.75, 3.05) is 20.2 Å². The van der Waals surface area contributed by atoms with Crippen molar-refractivity contribution in [3.63, 3.8) is 0 Å². The van der Waals surface area contributed by atoms with Crippen LogP contribution >= 0.6 is 11.6 Å². The van der Waals surface area contributed by atoms with Crippen molar-refractivity contribution in [3.8, 4) is 5.75 Å². The van der Waals surface area contributed by atoms with Crippen molar-refractivity contribution in [2.24, 2.45) is 5.73 Å². The fourth-order valence-corrected chi connectivity index (χ4v) is 1.59. The number of ether oxygens (including phenoxy) is 1. The standard InChI is InChI=1S/C11H17ClN2O/c1-3-14-7-10(13)9-6-8(12)4-5-11(9)15-2/h4-6,10,14H,3,7,13H2,1-2H3. The fourth-order valence-electron chi connectivity index (χ4n) is 1.40. The maximum atomic E-state index is 6.03. The molecular formula is C11H17ClN2O. The average Bonchev–Trinajstić information content (AvgIpc) is 2.25. The Hall–Kier alpha value is -0.770. The van der Waals surface area contributed by atoms with Gasteiger partial charge in [-0.1, -0.05) is 18.5 Å². The molecule has 3 N–H and O–H groups in total. The molecule has 1 atom stereocenters. The molecule has 0 saturated carbocycles. The van der Waals surface area contributed by atoms with Crippen molar-refractivity contribution >= 4 is 11.6 Å². The number of benzene rings is 1. The van der Waals surface area contributed by atoms with Crippen LogP contribution in [0.5, 0.6) is 5.75 Å². The summed E-state index contributed by atoms with van der Waals surface area (Å²) in [5, 5.41) is 3.87. The highest BCUT2D eigenvalue weighted by molar-refractivity contribution is 6.30. The van der Waals surface area contributed by atoms with Crippen molar-refractivity contribution < 1.29 is 4.74 Å². The van der Waals surface area contributed by atoms with Crippen molar-refractivity contribution in [3.05, 3.63) is 28.8 Å². The topological polar surface area (TPSA) is 47.3 Å². The maximum Gasteiger partial charge on any atom is 0.123 e. The summed E-state index contributed by atoms with van der Waals surface area (Å²) in [5.41, 5.74) is 6.96. The predicted octanol–water partition coefficient (Wildman–Crippen LogP) is 1.96. The Labute approximate surface area is 95.6 Å². The molecular weight excluding hydrogens is 212 g/mol. The van der Waals surface area contributed by atoms with Gasteiger partial charge in [0.05, 0.1) is 7.11 Å². The van der Waals surface area contributed by atoms with Gasteiger partial charge in [0.25, 0.3) is 0 Å². The molecule has 0 aliphatic heterocycles. The van der Waals surface area contributed by atoms with Crippen LogP contribution in [0, 0.1) is 0 Å². The maximum absolute atomic E-state index is 6.03. The Morgan fingerprint density at radius 3 is 2.87 bits per heavy atom. The third-order valence-corrected chi connectivity index (χ3v) is 2.44. The van der Waals surface area contributed by atoms with Gasteiger partial charge in [0.15, 0.2) is 0 Å². The van der Waals surface area contributed by atoms with Gasteiger partial charge in [0, 0.05) is 23.2 Å². The summed E-state index contributed by atoms with van der Waals surface area (Å²) in [6.45, 7) is 3.66. The quantitative estimate of drug-likeness (QED) is 0.810. The summed E-state index contributed by atoms with van der Waals surface area (Å²) >= 11 is 5.92. The molecule has 0 heterocycles. The van der Waals surface area contributed by atoms with Crippen LogP contribution in [0.2, 0.25) is 5.02 Å². The molecule has 1 rings (SSSR count). The van der Waals surface area contributed by atoms with Gasteiger partial charge in [0.1, 0.15) is 5.75 Å². The number of nitrogens with one attached hydrogen (secondary N) is 1. The highest BCUT2D eigenvalue weighted by atomic mass is 35.5. The Morgan fingerprint density at radius 1 is 1.53 bits per heavy atom. The van der Waals surface area contributed by atoms with E-state index >= 15 is 0 Å². The van der Waals surface area contributed by atoms with Crippen LogP contribution in [0.25, 0.3) is 0 Å². The minimum Gasteiger partial charge on any atom is -0.496 e. The smallest absolute Gasteiger partial charge is 0.123 e. The lowest BCUT2D eigenvalue weighted by molar-refractivity contribution is 0.404. The molecule has 1 unspecified atom stereocenters. The van der Waals surface area contributed by atoms with Crippen molar-refractivity contribution in [2.45, 2.75) is 13.0 Å². The molecule has 0 aromatic heterocycles. The first kappa shape index (κ1) is 12.3. The van der Waals surface area contributed by atoms with Crippen molar-refractivity contribution in [1.82, 2.24) is 5.32 Å². The Bertz CT molecular complexity index is 317. The Balaban J connectivity index is 2.85. The monoisotopic (exact) mass is 228 g/mol. The number of halogens is 1. The molecule has 1 aromatic carbocycles. The number of nitrogens with two attached hydrogens (primary N) is 1. The Kier molecular flexibility index (Phi) is 4.88. The van der Waals surface area contributed by atoms with Gasteiger partial charge in [-0.2, -0.15) is 0 Å². The van der Waals surface area contributed by atoms with Crippen LogP contribution in [0.4, 0.5) is 0 Å². The first-order chi connectivity index (χ1) is 7.19. The van der Waals surface area contributed by atoms with E-state index in [4.69, 9.17) is 22.1 Å². The Morgan fingerprint density at radius 2 is 2.27 bits per heavy atom.